The molecule has 1 atom stereocenters. The van der Waals surface area contributed by atoms with Crippen LogP contribution in [-0.4, -0.2) is 5.11 Å². The van der Waals surface area contributed by atoms with Crippen LogP contribution in [-0.2, 0) is 13.2 Å². The van der Waals surface area contributed by atoms with E-state index in [1.165, 1.54) is 4.88 Å². The van der Waals surface area contributed by atoms with Gasteiger partial charge in [-0.3, -0.25) is 0 Å². The largest absolute Gasteiger partial charge is 0.462 e. The number of hydrogen-bond acceptors (Lipinski definition) is 4. The van der Waals surface area contributed by atoms with Crippen LogP contribution in [0, 0.1) is 0 Å². The Morgan fingerprint density at radius 1 is 1.38 bits per heavy atom. The van der Waals surface area contributed by atoms with Crippen molar-refractivity contribution in [1.29, 1.82) is 0 Å². The molecule has 0 bridgehead atoms. The molecular weight excluding hydrogens is 222 g/mol. The monoisotopic (exact) mass is 237 g/mol. The Hall–Kier alpha value is -1.10. The molecule has 2 N–H and O–H groups in total. The summed E-state index contributed by atoms with van der Waals surface area (Å²) in [4.78, 5) is 1.31. The quantitative estimate of drug-likeness (QED) is 0.840. The molecule has 0 fully saturated rings. The summed E-state index contributed by atoms with van der Waals surface area (Å²) in [5.41, 5.74) is 0. The summed E-state index contributed by atoms with van der Waals surface area (Å²) in [6.07, 6.45) is 0. The zero-order valence-electron chi connectivity index (χ0n) is 9.14. The van der Waals surface area contributed by atoms with Crippen LogP contribution in [0.2, 0.25) is 0 Å². The van der Waals surface area contributed by atoms with E-state index in [-0.39, 0.29) is 6.61 Å². The molecule has 16 heavy (non-hydrogen) atoms. The Bertz CT molecular complexity index is 422. The van der Waals surface area contributed by atoms with E-state index in [9.17, 15) is 0 Å². The Labute approximate surface area is 98.7 Å². The van der Waals surface area contributed by atoms with Crippen LogP contribution < -0.4 is 5.32 Å². The van der Waals surface area contributed by atoms with Crippen molar-refractivity contribution < 1.29 is 9.52 Å². The Morgan fingerprint density at radius 3 is 2.81 bits per heavy atom. The van der Waals surface area contributed by atoms with Crippen molar-refractivity contribution in [2.45, 2.75) is 26.1 Å². The molecule has 2 heterocycles. The number of aliphatic hydroxyl groups is 1. The SMILES string of the molecule is C[C@@H](NCc1ccc(CO)o1)c1cccs1. The van der Waals surface area contributed by atoms with Crippen LogP contribution in [0.15, 0.2) is 34.1 Å². The fraction of sp³-hybridized carbons (Fsp3) is 0.333. The van der Waals surface area contributed by atoms with E-state index in [2.05, 4.69) is 29.8 Å². The second kappa shape index (κ2) is 5.30. The fourth-order valence-corrected chi connectivity index (χ4v) is 2.25. The molecule has 0 aliphatic heterocycles. The minimum absolute atomic E-state index is 0.0412. The molecule has 0 saturated carbocycles. The summed E-state index contributed by atoms with van der Waals surface area (Å²) in [5.74, 6) is 1.47. The van der Waals surface area contributed by atoms with E-state index < -0.39 is 0 Å². The van der Waals surface area contributed by atoms with Crippen molar-refractivity contribution in [3.63, 3.8) is 0 Å². The van der Waals surface area contributed by atoms with Gasteiger partial charge in [-0.2, -0.15) is 0 Å². The minimum atomic E-state index is -0.0412. The van der Waals surface area contributed by atoms with Gasteiger partial charge in [0.15, 0.2) is 0 Å². The molecule has 2 aromatic heterocycles. The maximum atomic E-state index is 8.87. The highest BCUT2D eigenvalue weighted by Gasteiger charge is 2.07. The Kier molecular flexibility index (Phi) is 3.77. The van der Waals surface area contributed by atoms with Crippen molar-refractivity contribution in [1.82, 2.24) is 5.32 Å². The summed E-state index contributed by atoms with van der Waals surface area (Å²) in [6.45, 7) is 2.77. The van der Waals surface area contributed by atoms with Crippen molar-refractivity contribution in [3.05, 3.63) is 46.0 Å². The van der Waals surface area contributed by atoms with E-state index in [4.69, 9.17) is 9.52 Å². The lowest BCUT2D eigenvalue weighted by Gasteiger charge is -2.10. The minimum Gasteiger partial charge on any atom is -0.462 e. The first kappa shape index (κ1) is 11.4. The van der Waals surface area contributed by atoms with Gasteiger partial charge in [0, 0.05) is 10.9 Å². The number of rotatable bonds is 5. The molecule has 0 amide bonds. The average molecular weight is 237 g/mol. The number of aliphatic hydroxyl groups excluding tert-OH is 1. The third kappa shape index (κ3) is 2.72. The highest BCUT2D eigenvalue weighted by atomic mass is 32.1. The third-order valence-electron chi connectivity index (χ3n) is 2.43. The molecule has 3 nitrogen and oxygen atoms in total. The smallest absolute Gasteiger partial charge is 0.129 e. The molecule has 86 valence electrons. The molecule has 0 aliphatic rings. The Balaban J connectivity index is 1.87. The van der Waals surface area contributed by atoms with Gasteiger partial charge in [-0.15, -0.1) is 11.3 Å². The van der Waals surface area contributed by atoms with Crippen molar-refractivity contribution in [2.75, 3.05) is 0 Å². The van der Waals surface area contributed by atoms with Gasteiger partial charge in [0.05, 0.1) is 6.54 Å². The number of hydrogen-bond donors (Lipinski definition) is 2. The lowest BCUT2D eigenvalue weighted by Crippen LogP contribution is -2.16. The third-order valence-corrected chi connectivity index (χ3v) is 3.48. The summed E-state index contributed by atoms with van der Waals surface area (Å²) < 4.78 is 5.39. The molecule has 4 heteroatoms. The van der Waals surface area contributed by atoms with Gasteiger partial charge in [0.1, 0.15) is 18.1 Å². The van der Waals surface area contributed by atoms with Crippen molar-refractivity contribution >= 4 is 11.3 Å². The van der Waals surface area contributed by atoms with E-state index >= 15 is 0 Å². The van der Waals surface area contributed by atoms with Gasteiger partial charge >= 0.3 is 0 Å². The van der Waals surface area contributed by atoms with Gasteiger partial charge in [-0.05, 0) is 30.5 Å². The normalized spacial score (nSPS) is 12.9. The predicted molar refractivity (Wildman–Crippen MR) is 64.2 cm³/mol. The second-order valence-corrected chi connectivity index (χ2v) is 4.62. The standard InChI is InChI=1S/C12H15NO2S/c1-9(12-3-2-6-16-12)13-7-10-4-5-11(8-14)15-10/h2-6,9,13-14H,7-8H2,1H3/t9-/m1/s1. The molecular formula is C12H15NO2S. The van der Waals surface area contributed by atoms with E-state index in [1.54, 1.807) is 17.4 Å². The topological polar surface area (TPSA) is 45.4 Å². The summed E-state index contributed by atoms with van der Waals surface area (Å²) in [6, 6.07) is 8.17. The average Bonchev–Trinajstić information content (AvgIpc) is 2.96. The molecule has 0 radical (unpaired) electrons. The van der Waals surface area contributed by atoms with Crippen LogP contribution in [0.3, 0.4) is 0 Å². The van der Waals surface area contributed by atoms with Crippen LogP contribution in [0.5, 0.6) is 0 Å². The lowest BCUT2D eigenvalue weighted by molar-refractivity contribution is 0.242. The molecule has 0 aliphatic carbocycles. The summed E-state index contributed by atoms with van der Waals surface area (Å²) in [5, 5.41) is 14.3. The molecule has 0 spiro atoms. The van der Waals surface area contributed by atoms with E-state index in [0.29, 0.717) is 18.3 Å². The van der Waals surface area contributed by atoms with Gasteiger partial charge in [-0.25, -0.2) is 0 Å². The summed E-state index contributed by atoms with van der Waals surface area (Å²) in [7, 11) is 0. The lowest BCUT2D eigenvalue weighted by atomic mass is 10.2. The second-order valence-electron chi connectivity index (χ2n) is 3.64. The first-order valence-corrected chi connectivity index (χ1v) is 6.13. The van der Waals surface area contributed by atoms with Crippen molar-refractivity contribution in [2.24, 2.45) is 0 Å². The molecule has 2 rings (SSSR count). The van der Waals surface area contributed by atoms with Crippen LogP contribution >= 0.6 is 11.3 Å². The zero-order chi connectivity index (χ0) is 11.4. The predicted octanol–water partition coefficient (Wildman–Crippen LogP) is 2.68. The zero-order valence-corrected chi connectivity index (χ0v) is 9.96. The number of furan rings is 1. The molecule has 0 aromatic carbocycles. The van der Waals surface area contributed by atoms with Crippen LogP contribution in [0.4, 0.5) is 0 Å². The highest BCUT2D eigenvalue weighted by Crippen LogP contribution is 2.18. The van der Waals surface area contributed by atoms with E-state index in [1.807, 2.05) is 6.07 Å². The van der Waals surface area contributed by atoms with Gasteiger partial charge in [0.25, 0.3) is 0 Å². The summed E-state index contributed by atoms with van der Waals surface area (Å²) >= 11 is 1.74. The maximum Gasteiger partial charge on any atom is 0.129 e. The fourth-order valence-electron chi connectivity index (χ4n) is 1.49. The van der Waals surface area contributed by atoms with Crippen LogP contribution in [0.25, 0.3) is 0 Å². The first-order chi connectivity index (χ1) is 7.79. The Morgan fingerprint density at radius 2 is 2.19 bits per heavy atom. The van der Waals surface area contributed by atoms with Crippen LogP contribution in [0.1, 0.15) is 29.4 Å². The molecule has 0 saturated heterocycles. The van der Waals surface area contributed by atoms with Gasteiger partial charge in [-0.1, -0.05) is 6.07 Å². The molecule has 0 unspecified atom stereocenters. The maximum absolute atomic E-state index is 8.87. The van der Waals surface area contributed by atoms with Gasteiger partial charge in [0.2, 0.25) is 0 Å². The highest BCUT2D eigenvalue weighted by molar-refractivity contribution is 7.10. The molecule has 2 aromatic rings. The van der Waals surface area contributed by atoms with Crippen molar-refractivity contribution in [3.8, 4) is 0 Å². The van der Waals surface area contributed by atoms with Gasteiger partial charge < -0.3 is 14.8 Å². The first-order valence-electron chi connectivity index (χ1n) is 5.25. The number of thiophene rings is 1. The number of nitrogens with one attached hydrogen (secondary N) is 1. The van der Waals surface area contributed by atoms with E-state index in [0.717, 1.165) is 5.76 Å².